The molecule has 2 aliphatic rings. The Morgan fingerprint density at radius 1 is 1.11 bits per heavy atom. The molecule has 0 bridgehead atoms. The molecule has 1 aliphatic carbocycles. The number of carbonyl (C=O) groups is 4. The zero-order valence-electron chi connectivity index (χ0n) is 15.1. The number of nitrogens with zero attached hydrogens (tertiary/aromatic N) is 1. The van der Waals surface area contributed by atoms with Crippen LogP contribution >= 0.6 is 0 Å². The highest BCUT2D eigenvalue weighted by Gasteiger charge is 2.46. The highest BCUT2D eigenvalue weighted by Crippen LogP contribution is 2.35. The third-order valence-electron chi connectivity index (χ3n) is 4.89. The van der Waals surface area contributed by atoms with E-state index in [2.05, 4.69) is 4.74 Å². The van der Waals surface area contributed by atoms with E-state index in [1.54, 1.807) is 24.3 Å². The SMILES string of the molecule is COC(=O)c1cccc(COC(=O)CCN2C(=O)[C@H]3CC=CC[C@@H]3C2=O)c1. The molecular weight excluding hydrogens is 350 g/mol. The smallest absolute Gasteiger partial charge is 0.337 e. The highest BCUT2D eigenvalue weighted by atomic mass is 16.5. The zero-order valence-corrected chi connectivity index (χ0v) is 15.1. The van der Waals surface area contributed by atoms with E-state index in [1.165, 1.54) is 12.0 Å². The van der Waals surface area contributed by atoms with Crippen molar-refractivity contribution in [2.24, 2.45) is 11.8 Å². The molecule has 1 heterocycles. The van der Waals surface area contributed by atoms with Gasteiger partial charge in [-0.05, 0) is 30.5 Å². The molecule has 1 fully saturated rings. The van der Waals surface area contributed by atoms with Crippen molar-refractivity contribution in [2.75, 3.05) is 13.7 Å². The molecule has 2 amide bonds. The van der Waals surface area contributed by atoms with Crippen LogP contribution in [-0.2, 0) is 30.5 Å². The Morgan fingerprint density at radius 2 is 1.78 bits per heavy atom. The molecule has 142 valence electrons. The van der Waals surface area contributed by atoms with Crippen molar-refractivity contribution in [2.45, 2.75) is 25.9 Å². The first-order valence-corrected chi connectivity index (χ1v) is 8.84. The van der Waals surface area contributed by atoms with Crippen molar-refractivity contribution in [1.82, 2.24) is 4.90 Å². The minimum Gasteiger partial charge on any atom is -0.465 e. The van der Waals surface area contributed by atoms with Crippen molar-refractivity contribution >= 4 is 23.8 Å². The summed E-state index contributed by atoms with van der Waals surface area (Å²) < 4.78 is 9.84. The second-order valence-corrected chi connectivity index (χ2v) is 6.59. The van der Waals surface area contributed by atoms with Crippen molar-refractivity contribution in [1.29, 1.82) is 0 Å². The van der Waals surface area contributed by atoms with Gasteiger partial charge in [0.25, 0.3) is 0 Å². The summed E-state index contributed by atoms with van der Waals surface area (Å²) in [7, 11) is 1.29. The topological polar surface area (TPSA) is 90.0 Å². The summed E-state index contributed by atoms with van der Waals surface area (Å²) in [4.78, 5) is 49.4. The molecule has 1 saturated heterocycles. The van der Waals surface area contributed by atoms with Gasteiger partial charge in [-0.2, -0.15) is 0 Å². The largest absolute Gasteiger partial charge is 0.465 e. The Morgan fingerprint density at radius 3 is 2.41 bits per heavy atom. The van der Waals surface area contributed by atoms with E-state index in [9.17, 15) is 19.2 Å². The predicted molar refractivity (Wildman–Crippen MR) is 94.3 cm³/mol. The van der Waals surface area contributed by atoms with Gasteiger partial charge in [0.1, 0.15) is 6.61 Å². The summed E-state index contributed by atoms with van der Waals surface area (Å²) in [5, 5.41) is 0. The van der Waals surface area contributed by atoms with Crippen LogP contribution in [-0.4, -0.2) is 42.3 Å². The Labute approximate surface area is 156 Å². The number of hydrogen-bond acceptors (Lipinski definition) is 6. The van der Waals surface area contributed by atoms with Gasteiger partial charge in [-0.3, -0.25) is 19.3 Å². The monoisotopic (exact) mass is 371 g/mol. The maximum atomic E-state index is 12.3. The summed E-state index contributed by atoms with van der Waals surface area (Å²) in [6, 6.07) is 6.60. The van der Waals surface area contributed by atoms with Crippen molar-refractivity contribution in [3.8, 4) is 0 Å². The van der Waals surface area contributed by atoms with Crippen LogP contribution in [0.1, 0.15) is 35.2 Å². The first kappa shape index (κ1) is 18.8. The molecule has 27 heavy (non-hydrogen) atoms. The van der Waals surface area contributed by atoms with Gasteiger partial charge in [0.15, 0.2) is 0 Å². The number of imide groups is 1. The van der Waals surface area contributed by atoms with E-state index < -0.39 is 11.9 Å². The van der Waals surface area contributed by atoms with Crippen LogP contribution in [0.4, 0.5) is 0 Å². The van der Waals surface area contributed by atoms with Crippen LogP contribution in [0.15, 0.2) is 36.4 Å². The minimum absolute atomic E-state index is 0.000725. The zero-order chi connectivity index (χ0) is 19.4. The molecule has 1 aromatic carbocycles. The Bertz CT molecular complexity index is 773. The van der Waals surface area contributed by atoms with Gasteiger partial charge in [-0.15, -0.1) is 0 Å². The number of methoxy groups -OCH3 is 1. The molecule has 2 atom stereocenters. The van der Waals surface area contributed by atoms with Gasteiger partial charge < -0.3 is 9.47 Å². The number of benzene rings is 1. The number of fused-ring (bicyclic) bond motifs is 1. The van der Waals surface area contributed by atoms with E-state index >= 15 is 0 Å². The highest BCUT2D eigenvalue weighted by molar-refractivity contribution is 6.05. The molecule has 0 N–H and O–H groups in total. The summed E-state index contributed by atoms with van der Waals surface area (Å²) in [5.41, 5.74) is 1.02. The minimum atomic E-state index is -0.507. The first-order chi connectivity index (χ1) is 13.0. The van der Waals surface area contributed by atoms with Gasteiger partial charge >= 0.3 is 11.9 Å². The van der Waals surface area contributed by atoms with E-state index in [0.29, 0.717) is 24.0 Å². The van der Waals surface area contributed by atoms with Crippen molar-refractivity contribution in [3.63, 3.8) is 0 Å². The van der Waals surface area contributed by atoms with Gasteiger partial charge in [0.2, 0.25) is 11.8 Å². The van der Waals surface area contributed by atoms with E-state index in [0.717, 1.165) is 0 Å². The maximum Gasteiger partial charge on any atom is 0.337 e. The fourth-order valence-electron chi connectivity index (χ4n) is 3.43. The molecule has 1 aliphatic heterocycles. The number of amides is 2. The second kappa shape index (κ2) is 8.16. The molecule has 7 nitrogen and oxygen atoms in total. The lowest BCUT2D eigenvalue weighted by atomic mass is 9.85. The molecule has 0 saturated carbocycles. The van der Waals surface area contributed by atoms with E-state index in [1.807, 2.05) is 12.2 Å². The molecule has 0 radical (unpaired) electrons. The number of carbonyl (C=O) groups excluding carboxylic acids is 4. The number of allylic oxidation sites excluding steroid dienone is 2. The third kappa shape index (κ3) is 4.07. The Balaban J connectivity index is 1.50. The predicted octanol–water partition coefficient (Wildman–Crippen LogP) is 1.86. The van der Waals surface area contributed by atoms with Crippen LogP contribution in [0, 0.1) is 11.8 Å². The first-order valence-electron chi connectivity index (χ1n) is 8.84. The average molecular weight is 371 g/mol. The normalized spacial score (nSPS) is 21.1. The lowest BCUT2D eigenvalue weighted by Crippen LogP contribution is -2.33. The molecule has 0 spiro atoms. The van der Waals surface area contributed by atoms with Crippen LogP contribution in [0.5, 0.6) is 0 Å². The molecule has 1 aromatic rings. The summed E-state index contributed by atoms with van der Waals surface area (Å²) in [6.45, 7) is 0.0342. The van der Waals surface area contributed by atoms with Gasteiger partial charge in [-0.25, -0.2) is 4.79 Å². The van der Waals surface area contributed by atoms with E-state index in [4.69, 9.17) is 4.74 Å². The molecule has 3 rings (SSSR count). The Hall–Kier alpha value is -2.96. The fraction of sp³-hybridized carbons (Fsp3) is 0.400. The van der Waals surface area contributed by atoms with Crippen LogP contribution < -0.4 is 0 Å². The number of likely N-dealkylation sites (tertiary alicyclic amines) is 1. The molecular formula is C20H21NO6. The summed E-state index contributed by atoms with van der Waals surface area (Å²) in [5.74, 6) is -1.96. The van der Waals surface area contributed by atoms with Gasteiger partial charge in [0, 0.05) is 6.54 Å². The number of ether oxygens (including phenoxy) is 2. The lowest BCUT2D eigenvalue weighted by molar-refractivity contribution is -0.146. The molecule has 7 heteroatoms. The van der Waals surface area contributed by atoms with Crippen molar-refractivity contribution in [3.05, 3.63) is 47.5 Å². The lowest BCUT2D eigenvalue weighted by Gasteiger charge is -2.14. The van der Waals surface area contributed by atoms with Gasteiger partial charge in [0.05, 0.1) is 30.9 Å². The number of rotatable bonds is 6. The molecule has 0 aromatic heterocycles. The number of esters is 2. The van der Waals surface area contributed by atoms with E-state index in [-0.39, 0.29) is 43.2 Å². The van der Waals surface area contributed by atoms with Crippen LogP contribution in [0.3, 0.4) is 0 Å². The summed E-state index contributed by atoms with van der Waals surface area (Å²) in [6.07, 6.45) is 4.94. The van der Waals surface area contributed by atoms with Crippen LogP contribution in [0.2, 0.25) is 0 Å². The van der Waals surface area contributed by atoms with Gasteiger partial charge in [-0.1, -0.05) is 24.3 Å². The average Bonchev–Trinajstić information content (AvgIpc) is 2.95. The summed E-state index contributed by atoms with van der Waals surface area (Å²) >= 11 is 0. The van der Waals surface area contributed by atoms with Crippen molar-refractivity contribution < 1.29 is 28.7 Å². The second-order valence-electron chi connectivity index (χ2n) is 6.59. The quantitative estimate of drug-likeness (QED) is 0.431. The standard InChI is InChI=1S/C20H21NO6/c1-26-20(25)14-6-4-5-13(11-14)12-27-17(22)9-10-21-18(23)15-7-2-3-8-16(15)19(21)24/h2-6,11,15-16H,7-10,12H2,1H3/t15-,16-/m0/s1. The Kier molecular flexibility index (Phi) is 5.69. The third-order valence-corrected chi connectivity index (χ3v) is 4.89. The van der Waals surface area contributed by atoms with Crippen LogP contribution in [0.25, 0.3) is 0 Å². The maximum absolute atomic E-state index is 12.3. The fourth-order valence-corrected chi connectivity index (χ4v) is 3.43. The molecule has 0 unspecified atom stereocenters. The number of hydrogen-bond donors (Lipinski definition) is 0.